The second-order valence-electron chi connectivity index (χ2n) is 3.17. The van der Waals surface area contributed by atoms with Gasteiger partial charge in [-0.1, -0.05) is 0 Å². The number of thiocarbonyl (C=S) groups is 2. The normalized spacial score (nSPS) is 12.9. The summed E-state index contributed by atoms with van der Waals surface area (Å²) >= 11 is 9.69. The fourth-order valence-electron chi connectivity index (χ4n) is 1.13. The van der Waals surface area contributed by atoms with Gasteiger partial charge in [0, 0.05) is 18.8 Å². The Labute approximate surface area is 98.8 Å². The molecule has 1 aliphatic rings. The highest BCUT2D eigenvalue weighted by Crippen LogP contribution is 2.17. The van der Waals surface area contributed by atoms with Gasteiger partial charge >= 0.3 is 0 Å². The molecule has 1 aromatic rings. The van der Waals surface area contributed by atoms with Gasteiger partial charge in [-0.05, 0) is 48.7 Å². The molecule has 0 radical (unpaired) electrons. The van der Waals surface area contributed by atoms with Crippen LogP contribution in [0.3, 0.4) is 0 Å². The van der Waals surface area contributed by atoms with Crippen LogP contribution in [0.1, 0.15) is 0 Å². The summed E-state index contributed by atoms with van der Waals surface area (Å²) in [5.41, 5.74) is 1.77. The van der Waals surface area contributed by atoms with E-state index in [1.165, 1.54) is 0 Å². The predicted molar refractivity (Wildman–Crippen MR) is 68.9 cm³/mol. The molecule has 0 amide bonds. The Morgan fingerprint density at radius 3 is 2.53 bits per heavy atom. The Hall–Kier alpha value is -1.29. The number of anilines is 1. The minimum atomic E-state index is 0.779. The van der Waals surface area contributed by atoms with E-state index in [2.05, 4.69) is 32.6 Å². The Morgan fingerprint density at radius 2 is 2.00 bits per heavy atom. The molecule has 76 valence electrons. The summed E-state index contributed by atoms with van der Waals surface area (Å²) in [7, 11) is 0. The quantitative estimate of drug-likeness (QED) is 0.484. The third-order valence-corrected chi connectivity index (χ3v) is 2.48. The molecule has 0 aromatic heterocycles. The van der Waals surface area contributed by atoms with Crippen molar-refractivity contribution in [2.24, 2.45) is 4.99 Å². The van der Waals surface area contributed by atoms with E-state index in [0.717, 1.165) is 29.6 Å². The minimum absolute atomic E-state index is 0.779. The first-order valence-corrected chi connectivity index (χ1v) is 5.35. The van der Waals surface area contributed by atoms with Gasteiger partial charge in [-0.3, -0.25) is 0 Å². The van der Waals surface area contributed by atoms with Gasteiger partial charge in [0.25, 0.3) is 0 Å². The van der Waals surface area contributed by atoms with Gasteiger partial charge in [-0.15, -0.1) is 0 Å². The van der Waals surface area contributed by atoms with Crippen LogP contribution < -0.4 is 5.32 Å². The molecule has 0 spiro atoms. The molecule has 1 saturated heterocycles. The highest BCUT2D eigenvalue weighted by Gasteiger charge is 2.20. The standard InChI is InChI=1S/C10H9N3S2/c14-7-11-8-1-3-9(4-2-8)12-10(15)13-5-6-13/h1-4H,5-6H2,(H,12,15). The molecule has 0 bridgehead atoms. The first-order chi connectivity index (χ1) is 7.29. The lowest BCUT2D eigenvalue weighted by Gasteiger charge is -2.08. The van der Waals surface area contributed by atoms with E-state index in [4.69, 9.17) is 12.2 Å². The molecule has 1 aromatic carbocycles. The number of rotatable bonds is 2. The van der Waals surface area contributed by atoms with Crippen LogP contribution in [0.4, 0.5) is 11.4 Å². The molecule has 0 unspecified atom stereocenters. The molecule has 2 rings (SSSR count). The van der Waals surface area contributed by atoms with Crippen LogP contribution in [0.25, 0.3) is 0 Å². The number of nitrogens with zero attached hydrogens (tertiary/aromatic N) is 2. The van der Waals surface area contributed by atoms with Gasteiger partial charge in [-0.2, -0.15) is 4.99 Å². The van der Waals surface area contributed by atoms with Gasteiger partial charge < -0.3 is 10.2 Å². The Balaban J connectivity index is 2.02. The monoisotopic (exact) mass is 235 g/mol. The SMILES string of the molecule is S=C=Nc1ccc(NC(=S)N2CC2)cc1. The molecule has 1 N–H and O–H groups in total. The van der Waals surface area contributed by atoms with Crippen molar-refractivity contribution >= 4 is 46.1 Å². The Kier molecular flexibility index (Phi) is 3.06. The molecular weight excluding hydrogens is 226 g/mol. The second kappa shape index (κ2) is 4.49. The maximum Gasteiger partial charge on any atom is 0.173 e. The van der Waals surface area contributed by atoms with E-state index in [9.17, 15) is 0 Å². The van der Waals surface area contributed by atoms with Crippen molar-refractivity contribution in [3.63, 3.8) is 0 Å². The third-order valence-electron chi connectivity index (χ3n) is 2.03. The first-order valence-electron chi connectivity index (χ1n) is 4.53. The number of isothiocyanates is 1. The van der Waals surface area contributed by atoms with Crippen molar-refractivity contribution in [3.05, 3.63) is 24.3 Å². The molecule has 3 nitrogen and oxygen atoms in total. The van der Waals surface area contributed by atoms with E-state index >= 15 is 0 Å². The van der Waals surface area contributed by atoms with Gasteiger partial charge in [0.2, 0.25) is 0 Å². The van der Waals surface area contributed by atoms with Gasteiger partial charge in [-0.25, -0.2) is 0 Å². The number of nitrogens with one attached hydrogen (secondary N) is 1. The number of hydrogen-bond acceptors (Lipinski definition) is 3. The van der Waals surface area contributed by atoms with Crippen molar-refractivity contribution in [3.8, 4) is 0 Å². The van der Waals surface area contributed by atoms with E-state index in [-0.39, 0.29) is 0 Å². The summed E-state index contributed by atoms with van der Waals surface area (Å²) in [4.78, 5) is 5.95. The zero-order valence-corrected chi connectivity index (χ0v) is 9.57. The molecule has 1 heterocycles. The van der Waals surface area contributed by atoms with Crippen LogP contribution in [0.15, 0.2) is 29.3 Å². The first kappa shape index (κ1) is 10.2. The summed E-state index contributed by atoms with van der Waals surface area (Å²) in [6, 6.07) is 7.57. The molecule has 0 atom stereocenters. The average Bonchev–Trinajstić information content (AvgIpc) is 3.04. The van der Waals surface area contributed by atoms with Crippen molar-refractivity contribution in [2.75, 3.05) is 18.4 Å². The number of hydrogen-bond donors (Lipinski definition) is 1. The smallest absolute Gasteiger partial charge is 0.173 e. The summed E-state index contributed by atoms with van der Waals surface area (Å²) in [6.07, 6.45) is 0. The summed E-state index contributed by atoms with van der Waals surface area (Å²) < 4.78 is 0. The van der Waals surface area contributed by atoms with Crippen LogP contribution in [-0.4, -0.2) is 28.3 Å². The molecule has 1 fully saturated rings. The lowest BCUT2D eigenvalue weighted by molar-refractivity contribution is 0.862. The molecule has 1 aliphatic heterocycles. The van der Waals surface area contributed by atoms with Gasteiger partial charge in [0.05, 0.1) is 10.8 Å². The topological polar surface area (TPSA) is 27.4 Å². The summed E-state index contributed by atoms with van der Waals surface area (Å²) in [6.45, 7) is 2.11. The Morgan fingerprint density at radius 1 is 1.33 bits per heavy atom. The molecule has 0 saturated carbocycles. The lowest BCUT2D eigenvalue weighted by Crippen LogP contribution is -2.17. The zero-order chi connectivity index (χ0) is 10.7. The van der Waals surface area contributed by atoms with Gasteiger partial charge in [0.15, 0.2) is 5.11 Å². The molecule has 5 heteroatoms. The minimum Gasteiger partial charge on any atom is -0.345 e. The van der Waals surface area contributed by atoms with Gasteiger partial charge in [0.1, 0.15) is 0 Å². The molecular formula is C10H9N3S2. The maximum atomic E-state index is 5.17. The maximum absolute atomic E-state index is 5.17. The lowest BCUT2D eigenvalue weighted by atomic mass is 10.3. The molecule has 0 aliphatic carbocycles. The van der Waals surface area contributed by atoms with E-state index in [1.807, 2.05) is 24.3 Å². The van der Waals surface area contributed by atoms with Crippen LogP contribution in [0.5, 0.6) is 0 Å². The van der Waals surface area contributed by atoms with Crippen molar-refractivity contribution in [1.29, 1.82) is 0 Å². The highest BCUT2D eigenvalue weighted by atomic mass is 32.1. The highest BCUT2D eigenvalue weighted by molar-refractivity contribution is 7.80. The average molecular weight is 235 g/mol. The van der Waals surface area contributed by atoms with Crippen LogP contribution in [0, 0.1) is 0 Å². The largest absolute Gasteiger partial charge is 0.345 e. The van der Waals surface area contributed by atoms with Crippen LogP contribution in [-0.2, 0) is 0 Å². The fourth-order valence-corrected chi connectivity index (χ4v) is 1.53. The second-order valence-corrected chi connectivity index (χ2v) is 3.74. The third kappa shape index (κ3) is 2.83. The van der Waals surface area contributed by atoms with E-state index < -0.39 is 0 Å². The van der Waals surface area contributed by atoms with Crippen molar-refractivity contribution in [1.82, 2.24) is 4.90 Å². The van der Waals surface area contributed by atoms with E-state index in [0.29, 0.717) is 0 Å². The van der Waals surface area contributed by atoms with Crippen molar-refractivity contribution < 1.29 is 0 Å². The number of benzene rings is 1. The zero-order valence-electron chi connectivity index (χ0n) is 7.93. The Bertz CT molecular complexity index is 417. The van der Waals surface area contributed by atoms with Crippen molar-refractivity contribution in [2.45, 2.75) is 0 Å². The predicted octanol–water partition coefficient (Wildman–Crippen LogP) is 2.43. The fraction of sp³-hybridized carbons (Fsp3) is 0.200. The summed E-state index contributed by atoms with van der Waals surface area (Å²) in [5.74, 6) is 0. The number of aliphatic imine (C=N–C) groups is 1. The van der Waals surface area contributed by atoms with Crippen LogP contribution in [0.2, 0.25) is 0 Å². The summed E-state index contributed by atoms with van der Waals surface area (Å²) in [5, 5.41) is 6.25. The molecule has 15 heavy (non-hydrogen) atoms. The van der Waals surface area contributed by atoms with E-state index in [1.54, 1.807) is 0 Å². The van der Waals surface area contributed by atoms with Crippen LogP contribution >= 0.6 is 24.4 Å².